The van der Waals surface area contributed by atoms with E-state index in [-0.39, 0.29) is 17.3 Å². The molecular formula is C10H6BrNO2. The van der Waals surface area contributed by atoms with Crippen LogP contribution in [0, 0.1) is 5.41 Å². The van der Waals surface area contributed by atoms with Crippen molar-refractivity contribution in [3.63, 3.8) is 0 Å². The number of Topliss-reactive ketones (excluding diaryl/α,β-unsaturated/α-hetero) is 2. The molecule has 1 unspecified atom stereocenters. The molecule has 1 aromatic carbocycles. The van der Waals surface area contributed by atoms with E-state index in [2.05, 4.69) is 15.9 Å². The molecule has 1 N–H and O–H groups in total. The number of nitrogens with one attached hydrogen (secondary N) is 1. The number of rotatable bonds is 0. The summed E-state index contributed by atoms with van der Waals surface area (Å²) >= 11 is 3.03. The van der Waals surface area contributed by atoms with Gasteiger partial charge in [-0.3, -0.25) is 15.0 Å². The van der Waals surface area contributed by atoms with Crippen molar-refractivity contribution in [3.8, 4) is 0 Å². The SMILES string of the molecule is N=C1C(=O)c2ccccc2C(=O)C1Br. The smallest absolute Gasteiger partial charge is 0.208 e. The fraction of sp³-hybridized carbons (Fsp3) is 0.100. The summed E-state index contributed by atoms with van der Waals surface area (Å²) < 4.78 is 0. The molecule has 0 bridgehead atoms. The van der Waals surface area contributed by atoms with E-state index in [0.29, 0.717) is 11.1 Å². The first-order valence-corrected chi connectivity index (χ1v) is 4.95. The number of fused-ring (bicyclic) bond motifs is 1. The van der Waals surface area contributed by atoms with E-state index in [1.807, 2.05) is 0 Å². The Kier molecular flexibility index (Phi) is 2.07. The Bertz CT molecular complexity index is 453. The van der Waals surface area contributed by atoms with Crippen molar-refractivity contribution in [1.82, 2.24) is 0 Å². The zero-order chi connectivity index (χ0) is 10.3. The molecule has 3 nitrogen and oxygen atoms in total. The van der Waals surface area contributed by atoms with Crippen LogP contribution in [-0.2, 0) is 0 Å². The second-order valence-corrected chi connectivity index (χ2v) is 3.93. The molecule has 0 amide bonds. The van der Waals surface area contributed by atoms with Gasteiger partial charge in [-0.2, -0.15) is 0 Å². The zero-order valence-electron chi connectivity index (χ0n) is 7.08. The predicted octanol–water partition coefficient (Wildman–Crippen LogP) is 1.85. The van der Waals surface area contributed by atoms with E-state index in [9.17, 15) is 9.59 Å². The first-order chi connectivity index (χ1) is 6.63. The summed E-state index contributed by atoms with van der Waals surface area (Å²) in [7, 11) is 0. The third-order valence-corrected chi connectivity index (χ3v) is 3.04. The highest BCUT2D eigenvalue weighted by Crippen LogP contribution is 2.23. The summed E-state index contributed by atoms with van der Waals surface area (Å²) in [5, 5.41) is 7.44. The molecule has 0 saturated carbocycles. The van der Waals surface area contributed by atoms with Gasteiger partial charge in [0.05, 0.1) is 0 Å². The molecule has 70 valence electrons. The molecule has 1 aliphatic carbocycles. The normalized spacial score (nSPS) is 20.9. The van der Waals surface area contributed by atoms with Crippen molar-refractivity contribution in [2.24, 2.45) is 0 Å². The number of benzene rings is 1. The fourth-order valence-electron chi connectivity index (χ4n) is 1.42. The maximum atomic E-state index is 11.6. The summed E-state index contributed by atoms with van der Waals surface area (Å²) in [6, 6.07) is 6.57. The molecule has 2 rings (SSSR count). The standard InChI is InChI=1S/C10H6BrNO2/c11-7-8(12)10(14)6-4-2-1-3-5(6)9(7)13/h1-4,7,12H. The van der Waals surface area contributed by atoms with Crippen LogP contribution in [0.2, 0.25) is 0 Å². The third-order valence-electron chi connectivity index (χ3n) is 2.17. The molecular weight excluding hydrogens is 246 g/mol. The molecule has 14 heavy (non-hydrogen) atoms. The molecule has 0 spiro atoms. The Morgan fingerprint density at radius 2 is 1.71 bits per heavy atom. The van der Waals surface area contributed by atoms with Crippen LogP contribution in [0.3, 0.4) is 0 Å². The maximum Gasteiger partial charge on any atom is 0.208 e. The number of hydrogen-bond acceptors (Lipinski definition) is 3. The fourth-order valence-corrected chi connectivity index (χ4v) is 1.88. The Morgan fingerprint density at radius 1 is 1.14 bits per heavy atom. The summed E-state index contributed by atoms with van der Waals surface area (Å²) in [6.45, 7) is 0. The second kappa shape index (κ2) is 3.13. The van der Waals surface area contributed by atoms with Crippen molar-refractivity contribution in [2.75, 3.05) is 0 Å². The van der Waals surface area contributed by atoms with Crippen molar-refractivity contribution in [2.45, 2.75) is 4.83 Å². The second-order valence-electron chi connectivity index (χ2n) is 3.02. The first kappa shape index (κ1) is 9.27. The van der Waals surface area contributed by atoms with Crippen molar-refractivity contribution >= 4 is 33.2 Å². The molecule has 0 saturated heterocycles. The van der Waals surface area contributed by atoms with Gasteiger partial charge in [0.1, 0.15) is 10.5 Å². The van der Waals surface area contributed by atoms with Crippen LogP contribution in [0.4, 0.5) is 0 Å². The number of carbonyl (C=O) groups is 2. The first-order valence-electron chi connectivity index (χ1n) is 4.03. The van der Waals surface area contributed by atoms with E-state index in [4.69, 9.17) is 5.41 Å². The Hall–Kier alpha value is -1.29. The quantitative estimate of drug-likeness (QED) is 0.716. The molecule has 0 aliphatic heterocycles. The minimum atomic E-state index is -0.787. The molecule has 0 heterocycles. The minimum absolute atomic E-state index is 0.186. The van der Waals surface area contributed by atoms with Crippen LogP contribution in [0.15, 0.2) is 24.3 Å². The van der Waals surface area contributed by atoms with E-state index in [0.717, 1.165) is 0 Å². The van der Waals surface area contributed by atoms with Gasteiger partial charge in [-0.05, 0) is 0 Å². The number of ketones is 2. The van der Waals surface area contributed by atoms with Crippen LogP contribution in [0.5, 0.6) is 0 Å². The number of halogens is 1. The van der Waals surface area contributed by atoms with Crippen molar-refractivity contribution in [1.29, 1.82) is 5.41 Å². The lowest BCUT2D eigenvalue weighted by Crippen LogP contribution is -2.36. The van der Waals surface area contributed by atoms with Crippen LogP contribution < -0.4 is 0 Å². The van der Waals surface area contributed by atoms with Crippen molar-refractivity contribution < 1.29 is 9.59 Å². The number of hydrogen-bond donors (Lipinski definition) is 1. The van der Waals surface area contributed by atoms with E-state index < -0.39 is 4.83 Å². The van der Waals surface area contributed by atoms with Gasteiger partial charge < -0.3 is 0 Å². The molecule has 4 heteroatoms. The molecule has 0 radical (unpaired) electrons. The Morgan fingerprint density at radius 3 is 2.36 bits per heavy atom. The zero-order valence-corrected chi connectivity index (χ0v) is 8.67. The highest BCUT2D eigenvalue weighted by atomic mass is 79.9. The average molecular weight is 252 g/mol. The van der Waals surface area contributed by atoms with E-state index in [1.165, 1.54) is 0 Å². The average Bonchev–Trinajstić information content (AvgIpc) is 2.23. The monoisotopic (exact) mass is 251 g/mol. The molecule has 1 atom stereocenters. The lowest BCUT2D eigenvalue weighted by atomic mass is 9.88. The van der Waals surface area contributed by atoms with Crippen LogP contribution in [0.1, 0.15) is 20.7 Å². The summed E-state index contributed by atoms with van der Waals surface area (Å²) in [5.74, 6) is -0.590. The van der Waals surface area contributed by atoms with Crippen LogP contribution in [0.25, 0.3) is 0 Å². The highest BCUT2D eigenvalue weighted by Gasteiger charge is 2.35. The molecule has 1 aliphatic rings. The largest absolute Gasteiger partial charge is 0.300 e. The van der Waals surface area contributed by atoms with E-state index >= 15 is 0 Å². The summed E-state index contributed by atoms with van der Waals surface area (Å²) in [5.41, 5.74) is 0.544. The van der Waals surface area contributed by atoms with Gasteiger partial charge in [-0.1, -0.05) is 40.2 Å². The summed E-state index contributed by atoms with van der Waals surface area (Å²) in [4.78, 5) is 22.4. The van der Waals surface area contributed by atoms with Gasteiger partial charge in [0.15, 0.2) is 5.78 Å². The van der Waals surface area contributed by atoms with Gasteiger partial charge in [0.2, 0.25) is 5.78 Å². The van der Waals surface area contributed by atoms with Crippen LogP contribution in [-0.4, -0.2) is 22.1 Å². The third kappa shape index (κ3) is 1.14. The lowest BCUT2D eigenvalue weighted by molar-refractivity contribution is 0.0970. The topological polar surface area (TPSA) is 58.0 Å². The van der Waals surface area contributed by atoms with Gasteiger partial charge >= 0.3 is 0 Å². The van der Waals surface area contributed by atoms with Gasteiger partial charge in [-0.25, -0.2) is 0 Å². The van der Waals surface area contributed by atoms with E-state index in [1.54, 1.807) is 24.3 Å². The van der Waals surface area contributed by atoms with Gasteiger partial charge in [-0.15, -0.1) is 0 Å². The maximum absolute atomic E-state index is 11.6. The Balaban J connectivity index is 2.68. The number of carbonyl (C=O) groups excluding carboxylic acids is 2. The minimum Gasteiger partial charge on any atom is -0.300 e. The molecule has 1 aromatic rings. The molecule has 0 fully saturated rings. The molecule has 0 aromatic heterocycles. The summed E-state index contributed by atoms with van der Waals surface area (Å²) in [6.07, 6.45) is 0. The lowest BCUT2D eigenvalue weighted by Gasteiger charge is -2.18. The van der Waals surface area contributed by atoms with Crippen molar-refractivity contribution in [3.05, 3.63) is 35.4 Å². The van der Waals surface area contributed by atoms with Gasteiger partial charge in [0, 0.05) is 11.1 Å². The van der Waals surface area contributed by atoms with Gasteiger partial charge in [0.25, 0.3) is 0 Å². The van der Waals surface area contributed by atoms with Crippen LogP contribution >= 0.6 is 15.9 Å². The number of alkyl halides is 1. The highest BCUT2D eigenvalue weighted by molar-refractivity contribution is 9.10. The Labute approximate surface area is 88.8 Å². The predicted molar refractivity (Wildman–Crippen MR) is 55.5 cm³/mol.